The maximum absolute atomic E-state index is 14.8. The highest BCUT2D eigenvalue weighted by molar-refractivity contribution is 7.84. The number of nitrogens with zero attached hydrogens (tertiary/aromatic N) is 4. The highest BCUT2D eigenvalue weighted by Gasteiger charge is 2.44. The van der Waals surface area contributed by atoms with Crippen LogP contribution in [0.1, 0.15) is 82.0 Å². The molecule has 47 heavy (non-hydrogen) atoms. The molecule has 11 heteroatoms. The monoisotopic (exact) mass is 660 g/mol. The molecule has 3 fully saturated rings. The summed E-state index contributed by atoms with van der Waals surface area (Å²) in [6.07, 6.45) is 10.1. The smallest absolute Gasteiger partial charge is 0.228 e. The maximum atomic E-state index is 14.8. The second-order valence-electron chi connectivity index (χ2n) is 14.9. The van der Waals surface area contributed by atoms with Gasteiger partial charge in [0.1, 0.15) is 17.9 Å². The van der Waals surface area contributed by atoms with Gasteiger partial charge in [0.25, 0.3) is 0 Å². The fraction of sp³-hybridized carbons (Fsp3) is 0.528. The first-order chi connectivity index (χ1) is 22.5. The largest absolute Gasteiger partial charge is 0.451 e. The van der Waals surface area contributed by atoms with Crippen LogP contribution in [0.15, 0.2) is 48.9 Å². The summed E-state index contributed by atoms with van der Waals surface area (Å²) in [5, 5.41) is 2.97. The van der Waals surface area contributed by atoms with E-state index in [0.717, 1.165) is 88.3 Å². The van der Waals surface area contributed by atoms with Gasteiger partial charge in [0.15, 0.2) is 11.6 Å². The average Bonchev–Trinajstić information content (AvgIpc) is 3.85. The number of nitrogens with one attached hydrogen (secondary N) is 2. The highest BCUT2D eigenvalue weighted by atomic mass is 32.2. The first kappa shape index (κ1) is 32.2. The van der Waals surface area contributed by atoms with E-state index in [1.165, 1.54) is 17.7 Å². The van der Waals surface area contributed by atoms with Crippen molar-refractivity contribution in [3.8, 4) is 11.5 Å². The highest BCUT2D eigenvalue weighted by Crippen LogP contribution is 2.45. The maximum Gasteiger partial charge on any atom is 0.228 e. The van der Waals surface area contributed by atoms with Gasteiger partial charge in [0, 0.05) is 42.8 Å². The average molecular weight is 661 g/mol. The van der Waals surface area contributed by atoms with E-state index in [4.69, 9.17) is 9.72 Å². The number of likely N-dealkylation sites (tertiary alicyclic amines) is 1. The molecule has 7 rings (SSSR count). The van der Waals surface area contributed by atoms with Gasteiger partial charge in [-0.05, 0) is 94.3 Å². The van der Waals surface area contributed by atoms with Crippen LogP contribution in [0.25, 0.3) is 0 Å². The second-order valence-corrected chi connectivity index (χ2v) is 16.9. The molecule has 2 saturated heterocycles. The van der Waals surface area contributed by atoms with Gasteiger partial charge in [-0.25, -0.2) is 23.3 Å². The zero-order chi connectivity index (χ0) is 32.8. The van der Waals surface area contributed by atoms with E-state index < -0.39 is 15.7 Å². The van der Waals surface area contributed by atoms with Crippen molar-refractivity contribution in [1.82, 2.24) is 19.6 Å². The summed E-state index contributed by atoms with van der Waals surface area (Å²) in [4.78, 5) is 25.6. The number of aromatic nitrogens is 2. The van der Waals surface area contributed by atoms with Crippen LogP contribution in [0.4, 0.5) is 15.9 Å². The molecular formula is C36H45FN6O3S. The van der Waals surface area contributed by atoms with Gasteiger partial charge in [-0.1, -0.05) is 25.0 Å². The van der Waals surface area contributed by atoms with Crippen molar-refractivity contribution in [3.05, 3.63) is 71.4 Å². The summed E-state index contributed by atoms with van der Waals surface area (Å²) < 4.78 is 37.6. The Hall–Kier alpha value is -3.41. The molecule has 2 N–H and O–H groups in total. The predicted molar refractivity (Wildman–Crippen MR) is 182 cm³/mol. The van der Waals surface area contributed by atoms with Gasteiger partial charge >= 0.3 is 0 Å². The number of ether oxygens (including phenoxy) is 1. The van der Waals surface area contributed by atoms with Crippen molar-refractivity contribution < 1.29 is 18.1 Å². The van der Waals surface area contributed by atoms with E-state index in [0.29, 0.717) is 23.5 Å². The minimum Gasteiger partial charge on any atom is -0.451 e. The molecule has 9 nitrogen and oxygen atoms in total. The van der Waals surface area contributed by atoms with Gasteiger partial charge < -0.3 is 15.0 Å². The van der Waals surface area contributed by atoms with Crippen LogP contribution >= 0.6 is 0 Å². The van der Waals surface area contributed by atoms with Crippen LogP contribution in [-0.2, 0) is 28.7 Å². The Balaban J connectivity index is 1.08. The molecule has 2 aromatic carbocycles. The van der Waals surface area contributed by atoms with Crippen molar-refractivity contribution in [1.29, 1.82) is 0 Å². The van der Waals surface area contributed by atoms with Crippen molar-refractivity contribution in [2.75, 3.05) is 36.4 Å². The fourth-order valence-electron chi connectivity index (χ4n) is 7.82. The Labute approximate surface area is 279 Å². The summed E-state index contributed by atoms with van der Waals surface area (Å²) in [6, 6.07) is 10.7. The third-order valence-electron chi connectivity index (χ3n) is 10.3. The Morgan fingerprint density at radius 1 is 1.11 bits per heavy atom. The minimum atomic E-state index is -1.34. The number of hydrogen-bond donors (Lipinski definition) is 2. The lowest BCUT2D eigenvalue weighted by molar-refractivity contribution is -0.115. The summed E-state index contributed by atoms with van der Waals surface area (Å²) in [5.41, 5.74) is 4.07. The van der Waals surface area contributed by atoms with Crippen molar-refractivity contribution in [2.24, 2.45) is 11.3 Å². The van der Waals surface area contributed by atoms with E-state index in [1.807, 2.05) is 20.8 Å². The summed E-state index contributed by atoms with van der Waals surface area (Å²) in [5.74, 6) is 1.76. The lowest BCUT2D eigenvalue weighted by Gasteiger charge is -2.30. The van der Waals surface area contributed by atoms with Gasteiger partial charge in [-0.3, -0.25) is 9.69 Å². The second kappa shape index (κ2) is 12.9. The molecule has 4 aliphatic rings. The molecule has 1 aliphatic carbocycles. The van der Waals surface area contributed by atoms with Gasteiger partial charge in [0.05, 0.1) is 34.4 Å². The van der Waals surface area contributed by atoms with E-state index in [9.17, 15) is 13.4 Å². The molecule has 1 amide bonds. The fourth-order valence-corrected chi connectivity index (χ4v) is 8.72. The molecule has 1 aromatic heterocycles. The summed E-state index contributed by atoms with van der Waals surface area (Å²) in [6.45, 7) is 10.4. The molecule has 3 aliphatic heterocycles. The molecule has 1 spiro atoms. The number of carbonyl (C=O) groups excluding carboxylic acids is 1. The summed E-state index contributed by atoms with van der Waals surface area (Å²) >= 11 is 0. The van der Waals surface area contributed by atoms with Gasteiger partial charge in [-0.15, -0.1) is 0 Å². The molecule has 1 saturated carbocycles. The lowest BCUT2D eigenvalue weighted by Crippen LogP contribution is -2.38. The van der Waals surface area contributed by atoms with Gasteiger partial charge in [-0.2, -0.15) is 0 Å². The number of carbonyl (C=O) groups is 1. The SMILES string of the molecule is CC(C)(C)S(=O)NC(c1cc(F)ccc1Oc1cncnc1N1CCC2(CCN(Cc3ccc4c(c3)NC(=O)C4)C2)C1)C1CCCC1. The zero-order valence-corrected chi connectivity index (χ0v) is 28.4. The molecule has 3 aromatic rings. The van der Waals surface area contributed by atoms with Crippen LogP contribution in [0.5, 0.6) is 11.5 Å². The Morgan fingerprint density at radius 3 is 2.72 bits per heavy atom. The molecular weight excluding hydrogens is 616 g/mol. The van der Waals surface area contributed by atoms with Gasteiger partial charge in [0.2, 0.25) is 5.91 Å². The molecule has 250 valence electrons. The topological polar surface area (TPSA) is 99.7 Å². The number of hydrogen-bond acceptors (Lipinski definition) is 7. The number of amides is 1. The first-order valence-electron chi connectivity index (χ1n) is 16.9. The van der Waals surface area contributed by atoms with Crippen LogP contribution in [-0.4, -0.2) is 55.9 Å². The quantitative estimate of drug-likeness (QED) is 0.279. The number of fused-ring (bicyclic) bond motifs is 1. The van der Waals surface area contributed by atoms with E-state index in [1.54, 1.807) is 18.6 Å². The zero-order valence-electron chi connectivity index (χ0n) is 27.6. The number of anilines is 2. The molecule has 0 radical (unpaired) electrons. The predicted octanol–water partition coefficient (Wildman–Crippen LogP) is 6.29. The standard InChI is InChI=1S/C36H45FN6O3S/c1-35(2,3)47(45)41-33(25-6-4-5-7-25)28-18-27(37)10-11-30(28)46-31-19-38-23-39-34(31)43-15-13-36(22-43)12-14-42(21-36)20-24-8-9-26-17-32(44)40-29(26)16-24/h8-11,16,18-19,23,25,33,41H,4-7,12-15,17,20-22H2,1-3H3,(H,40,44). The van der Waals surface area contributed by atoms with Crippen molar-refractivity contribution in [3.63, 3.8) is 0 Å². The van der Waals surface area contributed by atoms with Crippen LogP contribution in [0.2, 0.25) is 0 Å². The Bertz CT molecular complexity index is 1670. The molecule has 3 atom stereocenters. The first-order valence-corrected chi connectivity index (χ1v) is 18.0. The number of halogens is 1. The molecule has 4 heterocycles. The normalized spacial score (nSPS) is 23.0. The number of benzene rings is 2. The van der Waals surface area contributed by atoms with Crippen LogP contribution in [0, 0.1) is 17.2 Å². The van der Waals surface area contributed by atoms with Crippen LogP contribution < -0.4 is 19.7 Å². The van der Waals surface area contributed by atoms with E-state index in [-0.39, 0.29) is 29.1 Å². The number of rotatable bonds is 9. The van der Waals surface area contributed by atoms with E-state index in [2.05, 4.69) is 43.0 Å². The summed E-state index contributed by atoms with van der Waals surface area (Å²) in [7, 11) is -1.34. The minimum absolute atomic E-state index is 0.0642. The Kier molecular flexibility index (Phi) is 8.82. The third-order valence-corrected chi connectivity index (χ3v) is 11.9. The molecule has 0 bridgehead atoms. The van der Waals surface area contributed by atoms with E-state index >= 15 is 0 Å². The lowest BCUT2D eigenvalue weighted by atomic mass is 9.86. The molecule has 3 unspecified atom stereocenters. The van der Waals surface area contributed by atoms with Crippen molar-refractivity contribution >= 4 is 28.4 Å². The van der Waals surface area contributed by atoms with Crippen LogP contribution in [0.3, 0.4) is 0 Å². The van der Waals surface area contributed by atoms with Crippen molar-refractivity contribution in [2.45, 2.75) is 83.1 Å². The Morgan fingerprint density at radius 2 is 1.91 bits per heavy atom. The third kappa shape index (κ3) is 6.93.